The summed E-state index contributed by atoms with van der Waals surface area (Å²) in [5, 5.41) is -1.23. The van der Waals surface area contributed by atoms with Gasteiger partial charge in [0.1, 0.15) is 5.75 Å². The molecule has 0 aliphatic carbocycles. The van der Waals surface area contributed by atoms with Crippen LogP contribution in [0, 0.1) is 20.8 Å². The molecule has 2 heterocycles. The second-order valence-corrected chi connectivity index (χ2v) is 9.23. The Balaban J connectivity index is 1.86. The number of anilines is 1. The first-order chi connectivity index (χ1) is 15.1. The first-order valence-electron chi connectivity index (χ1n) is 11.3. The van der Waals surface area contributed by atoms with Crippen LogP contribution < -0.4 is 9.64 Å². The Hall–Kier alpha value is -2.68. The molecule has 32 heavy (non-hydrogen) atoms. The minimum atomic E-state index is -1.23. The molecule has 0 fully saturated rings. The van der Waals surface area contributed by atoms with Crippen LogP contribution in [0.15, 0.2) is 42.5 Å². The number of fused-ring (bicyclic) bond motifs is 1. The standard InChI is InChI=1S/C27H30B2N2O/c1-16(2)20-11-10-17(3)23(14-20)31-13-12-21-26(27(31,28)29)24(32-6)15-22(30-21)25-18(4)8-7-9-19(25)5/h7-11,14-16H,12-13H2,1-6H3. The molecule has 4 radical (unpaired) electrons. The normalized spacial score (nSPS) is 15.0. The lowest BCUT2D eigenvalue weighted by Gasteiger charge is -2.47. The zero-order valence-electron chi connectivity index (χ0n) is 20.0. The molecule has 0 spiro atoms. The number of ether oxygens (including phenoxy) is 1. The fourth-order valence-electron chi connectivity index (χ4n) is 4.82. The van der Waals surface area contributed by atoms with Crippen molar-refractivity contribution < 1.29 is 4.74 Å². The van der Waals surface area contributed by atoms with Crippen LogP contribution in [0.1, 0.15) is 53.3 Å². The maximum atomic E-state index is 6.87. The van der Waals surface area contributed by atoms with E-state index in [1.165, 1.54) is 16.7 Å². The SMILES string of the molecule is [B]C1([B])c2c(OC)cc(-c3c(C)cccc3C)nc2CCN1c1cc(C(C)C)ccc1C. The number of hydrogen-bond donors (Lipinski definition) is 0. The fourth-order valence-corrected chi connectivity index (χ4v) is 4.82. The van der Waals surface area contributed by atoms with Gasteiger partial charge in [-0.25, -0.2) is 0 Å². The Labute approximate surface area is 195 Å². The van der Waals surface area contributed by atoms with Crippen LogP contribution in [0.4, 0.5) is 5.69 Å². The Bertz CT molecular complexity index is 1130. The number of hydrogen-bond acceptors (Lipinski definition) is 3. The van der Waals surface area contributed by atoms with Gasteiger partial charge in [-0.15, -0.1) is 0 Å². The lowest BCUT2D eigenvalue weighted by molar-refractivity contribution is 0.402. The molecule has 1 aromatic heterocycles. The summed E-state index contributed by atoms with van der Waals surface area (Å²) in [5.74, 6) is 1.10. The topological polar surface area (TPSA) is 25.4 Å². The van der Waals surface area contributed by atoms with Crippen molar-refractivity contribution in [3.8, 4) is 17.0 Å². The summed E-state index contributed by atoms with van der Waals surface area (Å²) in [6, 6.07) is 14.8. The quantitative estimate of drug-likeness (QED) is 0.535. The second kappa shape index (κ2) is 8.35. The molecule has 0 unspecified atom stereocenters. The van der Waals surface area contributed by atoms with Crippen LogP contribution >= 0.6 is 0 Å². The molecule has 3 aromatic rings. The van der Waals surface area contributed by atoms with Gasteiger partial charge in [-0.1, -0.05) is 44.2 Å². The van der Waals surface area contributed by atoms with Crippen LogP contribution in [0.25, 0.3) is 11.3 Å². The average molecular weight is 420 g/mol. The van der Waals surface area contributed by atoms with E-state index in [1.807, 2.05) is 6.07 Å². The smallest absolute Gasteiger partial charge is 0.126 e. The first-order valence-corrected chi connectivity index (χ1v) is 11.3. The van der Waals surface area contributed by atoms with Gasteiger partial charge >= 0.3 is 0 Å². The van der Waals surface area contributed by atoms with Gasteiger partial charge in [0.05, 0.1) is 34.2 Å². The van der Waals surface area contributed by atoms with E-state index in [2.05, 4.69) is 75.9 Å². The summed E-state index contributed by atoms with van der Waals surface area (Å²) in [6.45, 7) is 11.4. The van der Waals surface area contributed by atoms with Gasteiger partial charge < -0.3 is 9.64 Å². The number of nitrogens with zero attached hydrogens (tertiary/aromatic N) is 2. The van der Waals surface area contributed by atoms with Crippen LogP contribution in [0.3, 0.4) is 0 Å². The van der Waals surface area contributed by atoms with E-state index in [4.69, 9.17) is 25.4 Å². The largest absolute Gasteiger partial charge is 0.496 e. The van der Waals surface area contributed by atoms with Crippen LogP contribution in [0.5, 0.6) is 5.75 Å². The Morgan fingerprint density at radius 2 is 1.69 bits per heavy atom. The highest BCUT2D eigenvalue weighted by molar-refractivity contribution is 6.42. The van der Waals surface area contributed by atoms with E-state index in [-0.39, 0.29) is 0 Å². The third-order valence-corrected chi connectivity index (χ3v) is 6.63. The van der Waals surface area contributed by atoms with Crippen LogP contribution in [-0.2, 0) is 11.8 Å². The minimum absolute atomic E-state index is 0.424. The van der Waals surface area contributed by atoms with Crippen molar-refractivity contribution in [3.63, 3.8) is 0 Å². The third kappa shape index (κ3) is 3.72. The summed E-state index contributed by atoms with van der Waals surface area (Å²) >= 11 is 0. The molecule has 4 rings (SSSR count). The van der Waals surface area contributed by atoms with Gasteiger partial charge in [-0.3, -0.25) is 4.98 Å². The Morgan fingerprint density at radius 1 is 1.00 bits per heavy atom. The first kappa shape index (κ1) is 22.5. The highest BCUT2D eigenvalue weighted by Crippen LogP contribution is 2.42. The second-order valence-electron chi connectivity index (χ2n) is 9.23. The highest BCUT2D eigenvalue weighted by atomic mass is 16.5. The summed E-state index contributed by atoms with van der Waals surface area (Å²) in [4.78, 5) is 7.14. The van der Waals surface area contributed by atoms with E-state index in [1.54, 1.807) is 7.11 Å². The zero-order valence-corrected chi connectivity index (χ0v) is 20.0. The highest BCUT2D eigenvalue weighted by Gasteiger charge is 2.38. The zero-order chi connectivity index (χ0) is 23.2. The molecule has 0 bridgehead atoms. The molecule has 2 aromatic carbocycles. The van der Waals surface area contributed by atoms with Crippen molar-refractivity contribution in [1.29, 1.82) is 0 Å². The van der Waals surface area contributed by atoms with Gasteiger partial charge in [0, 0.05) is 35.8 Å². The van der Waals surface area contributed by atoms with Crippen molar-refractivity contribution in [2.24, 2.45) is 0 Å². The monoisotopic (exact) mass is 420 g/mol. The predicted molar refractivity (Wildman–Crippen MR) is 135 cm³/mol. The maximum absolute atomic E-state index is 6.87. The molecule has 160 valence electrons. The van der Waals surface area contributed by atoms with Crippen molar-refractivity contribution in [2.45, 2.75) is 52.3 Å². The van der Waals surface area contributed by atoms with E-state index >= 15 is 0 Å². The lowest BCUT2D eigenvalue weighted by atomic mass is 9.54. The van der Waals surface area contributed by atoms with Gasteiger partial charge in [0.15, 0.2) is 0 Å². The number of aryl methyl sites for hydroxylation is 3. The molecule has 0 saturated carbocycles. The van der Waals surface area contributed by atoms with E-state index in [0.717, 1.165) is 40.2 Å². The average Bonchev–Trinajstić information content (AvgIpc) is 2.73. The van der Waals surface area contributed by atoms with Gasteiger partial charge in [-0.05, 0) is 60.3 Å². The summed E-state index contributed by atoms with van der Waals surface area (Å²) in [5.41, 5.74) is 9.55. The molecule has 5 heteroatoms. The molecule has 0 amide bonds. The third-order valence-electron chi connectivity index (χ3n) is 6.63. The fraction of sp³-hybridized carbons (Fsp3) is 0.370. The summed E-state index contributed by atoms with van der Waals surface area (Å²) in [6.07, 6.45) is 0.742. The summed E-state index contributed by atoms with van der Waals surface area (Å²) < 4.78 is 5.84. The molecular formula is C27H30B2N2O. The van der Waals surface area contributed by atoms with Crippen molar-refractivity contribution in [2.75, 3.05) is 18.6 Å². The Kier molecular flexibility index (Phi) is 5.87. The number of rotatable bonds is 4. The lowest BCUT2D eigenvalue weighted by Crippen LogP contribution is -2.53. The van der Waals surface area contributed by atoms with E-state index in [0.29, 0.717) is 18.2 Å². The molecule has 0 saturated heterocycles. The van der Waals surface area contributed by atoms with E-state index < -0.39 is 5.34 Å². The molecule has 0 N–H and O–H groups in total. The summed E-state index contributed by atoms with van der Waals surface area (Å²) in [7, 11) is 15.4. The van der Waals surface area contributed by atoms with Gasteiger partial charge in [0.2, 0.25) is 0 Å². The van der Waals surface area contributed by atoms with Gasteiger partial charge in [0.25, 0.3) is 0 Å². The van der Waals surface area contributed by atoms with Gasteiger partial charge in [-0.2, -0.15) is 0 Å². The number of aromatic nitrogens is 1. The predicted octanol–water partition coefficient (Wildman–Crippen LogP) is 5.32. The number of benzene rings is 2. The maximum Gasteiger partial charge on any atom is 0.126 e. The number of methoxy groups -OCH3 is 1. The molecule has 0 atom stereocenters. The number of pyridine rings is 1. The molecule has 1 aliphatic heterocycles. The minimum Gasteiger partial charge on any atom is -0.496 e. The molecule has 1 aliphatic rings. The van der Waals surface area contributed by atoms with Crippen LogP contribution in [0.2, 0.25) is 0 Å². The van der Waals surface area contributed by atoms with Crippen molar-refractivity contribution in [3.05, 3.63) is 76.0 Å². The molecular weight excluding hydrogens is 390 g/mol. The van der Waals surface area contributed by atoms with Crippen molar-refractivity contribution >= 4 is 21.4 Å². The van der Waals surface area contributed by atoms with Crippen LogP contribution in [-0.4, -0.2) is 34.3 Å². The molecule has 3 nitrogen and oxygen atoms in total. The van der Waals surface area contributed by atoms with Crippen molar-refractivity contribution in [1.82, 2.24) is 4.98 Å². The van der Waals surface area contributed by atoms with E-state index in [9.17, 15) is 0 Å². The Morgan fingerprint density at radius 3 is 2.31 bits per heavy atom.